The third-order valence-electron chi connectivity index (χ3n) is 5.71. The molecule has 0 aliphatic rings. The molecule has 0 bridgehead atoms. The number of esters is 1. The smallest absolute Gasteiger partial charge is 0.419 e. The van der Waals surface area contributed by atoms with Gasteiger partial charge in [-0.05, 0) is 89.9 Å². The Morgan fingerprint density at radius 1 is 0.951 bits per heavy atom. The van der Waals surface area contributed by atoms with E-state index in [9.17, 15) is 22.8 Å². The molecule has 4 N–H and O–H groups in total. The van der Waals surface area contributed by atoms with E-state index in [2.05, 4.69) is 5.32 Å². The van der Waals surface area contributed by atoms with Gasteiger partial charge in [-0.1, -0.05) is 6.07 Å². The van der Waals surface area contributed by atoms with E-state index in [0.717, 1.165) is 16.4 Å². The molecule has 3 rings (SSSR count). The van der Waals surface area contributed by atoms with Gasteiger partial charge in [-0.25, -0.2) is 22.6 Å². The molecule has 0 radical (unpaired) electrons. The van der Waals surface area contributed by atoms with Crippen molar-refractivity contribution in [1.29, 1.82) is 5.41 Å². The minimum Gasteiger partial charge on any atom is -0.456 e. The zero-order chi connectivity index (χ0) is 30.9. The predicted octanol–water partition coefficient (Wildman–Crippen LogP) is 4.04. The number of fused-ring (bicyclic) bond motifs is 1. The van der Waals surface area contributed by atoms with Crippen LogP contribution in [0.4, 0.5) is 4.79 Å². The summed E-state index contributed by atoms with van der Waals surface area (Å²) in [6, 6.07) is 10.7. The number of ether oxygens (including phenoxy) is 2. The normalized spacial score (nSPS) is 12.2. The topological polar surface area (TPSA) is 171 Å². The SMILES string of the molecule is CC(C)(C)OC(=O)c1c(C(=N)N)n(C(=O)OC(C)(C)C)c2ccc(CCNC(=O)c3ccc(S(C)(=O)=O)cc3)cc12. The summed E-state index contributed by atoms with van der Waals surface area (Å²) < 4.78 is 35.6. The molecule has 1 amide bonds. The van der Waals surface area contributed by atoms with Gasteiger partial charge in [-0.3, -0.25) is 10.2 Å². The Labute approximate surface area is 239 Å². The minimum absolute atomic E-state index is 0.0369. The lowest BCUT2D eigenvalue weighted by atomic mass is 10.0. The lowest BCUT2D eigenvalue weighted by Gasteiger charge is -2.21. The Kier molecular flexibility index (Phi) is 8.68. The van der Waals surface area contributed by atoms with Crippen molar-refractivity contribution in [3.05, 3.63) is 64.8 Å². The quantitative estimate of drug-likeness (QED) is 0.212. The van der Waals surface area contributed by atoms with Crippen molar-refractivity contribution in [1.82, 2.24) is 9.88 Å². The summed E-state index contributed by atoms with van der Waals surface area (Å²) in [6.45, 7) is 10.4. The summed E-state index contributed by atoms with van der Waals surface area (Å²) in [5, 5.41) is 11.3. The molecule has 0 fully saturated rings. The van der Waals surface area contributed by atoms with E-state index in [1.165, 1.54) is 24.3 Å². The number of hydrogen-bond acceptors (Lipinski definition) is 8. The second-order valence-corrected chi connectivity index (χ2v) is 13.6. The van der Waals surface area contributed by atoms with Crippen molar-refractivity contribution in [3.63, 3.8) is 0 Å². The Morgan fingerprint density at radius 2 is 1.54 bits per heavy atom. The summed E-state index contributed by atoms with van der Waals surface area (Å²) >= 11 is 0. The van der Waals surface area contributed by atoms with Crippen molar-refractivity contribution in [2.45, 2.75) is 64.1 Å². The molecule has 0 unspecified atom stereocenters. The fourth-order valence-corrected chi connectivity index (χ4v) is 4.69. The van der Waals surface area contributed by atoms with Crippen LogP contribution in [0.5, 0.6) is 0 Å². The van der Waals surface area contributed by atoms with Crippen LogP contribution >= 0.6 is 0 Å². The van der Waals surface area contributed by atoms with E-state index >= 15 is 0 Å². The maximum absolute atomic E-state index is 13.3. The standard InChI is InChI=1S/C29H36N4O7S/c1-28(2,3)39-26(35)22-20-16-17(14-15-32-25(34)18-9-11-19(12-10-18)41(7,37)38)8-13-21(20)33(23(22)24(30)31)27(36)40-29(4,5)6/h8-13,16H,14-15H2,1-7H3,(H3,30,31)(H,32,34). The number of carbonyl (C=O) groups is 3. The second-order valence-electron chi connectivity index (χ2n) is 11.6. The van der Waals surface area contributed by atoms with Gasteiger partial charge in [0.2, 0.25) is 0 Å². The van der Waals surface area contributed by atoms with Crippen LogP contribution in [0, 0.1) is 5.41 Å². The first kappa shape index (κ1) is 31.3. The van der Waals surface area contributed by atoms with Crippen LogP contribution in [-0.2, 0) is 25.7 Å². The first-order chi connectivity index (χ1) is 18.8. The van der Waals surface area contributed by atoms with Gasteiger partial charge in [0.15, 0.2) is 9.84 Å². The van der Waals surface area contributed by atoms with E-state index < -0.39 is 38.9 Å². The maximum Gasteiger partial charge on any atom is 0.419 e. The number of nitrogens with two attached hydrogens (primary N) is 1. The number of nitrogens with one attached hydrogen (secondary N) is 2. The summed E-state index contributed by atoms with van der Waals surface area (Å²) in [4.78, 5) is 39.3. The predicted molar refractivity (Wildman–Crippen MR) is 155 cm³/mol. The highest BCUT2D eigenvalue weighted by Crippen LogP contribution is 2.30. The number of carbonyl (C=O) groups excluding carboxylic acids is 3. The summed E-state index contributed by atoms with van der Waals surface area (Å²) in [5.74, 6) is -1.64. The first-order valence-electron chi connectivity index (χ1n) is 12.9. The number of benzene rings is 2. The van der Waals surface area contributed by atoms with Crippen LogP contribution < -0.4 is 11.1 Å². The number of hydrogen-bond donors (Lipinski definition) is 3. The minimum atomic E-state index is -3.37. The van der Waals surface area contributed by atoms with Gasteiger partial charge in [0.25, 0.3) is 5.91 Å². The van der Waals surface area contributed by atoms with Gasteiger partial charge >= 0.3 is 12.1 Å². The van der Waals surface area contributed by atoms with Gasteiger partial charge in [-0.2, -0.15) is 0 Å². The average molecular weight is 585 g/mol. The average Bonchev–Trinajstić information content (AvgIpc) is 3.16. The van der Waals surface area contributed by atoms with Crippen LogP contribution in [-0.4, -0.2) is 60.8 Å². The Bertz CT molecular complexity index is 1620. The van der Waals surface area contributed by atoms with Crippen LogP contribution in [0.15, 0.2) is 47.4 Å². The molecular weight excluding hydrogens is 548 g/mol. The highest BCUT2D eigenvalue weighted by atomic mass is 32.2. The molecule has 1 aromatic heterocycles. The maximum atomic E-state index is 13.3. The fourth-order valence-electron chi connectivity index (χ4n) is 4.06. The molecule has 41 heavy (non-hydrogen) atoms. The number of amides is 1. The largest absolute Gasteiger partial charge is 0.456 e. The van der Waals surface area contributed by atoms with Crippen LogP contribution in [0.25, 0.3) is 10.9 Å². The van der Waals surface area contributed by atoms with Crippen LogP contribution in [0.1, 0.15) is 73.5 Å². The molecule has 0 aliphatic carbocycles. The van der Waals surface area contributed by atoms with Crippen LogP contribution in [0.2, 0.25) is 0 Å². The van der Waals surface area contributed by atoms with Crippen molar-refractivity contribution in [2.24, 2.45) is 5.73 Å². The van der Waals surface area contributed by atoms with Gasteiger partial charge in [-0.15, -0.1) is 0 Å². The van der Waals surface area contributed by atoms with E-state index in [0.29, 0.717) is 22.9 Å². The zero-order valence-corrected chi connectivity index (χ0v) is 25.1. The molecule has 0 saturated carbocycles. The van der Waals surface area contributed by atoms with E-state index in [1.54, 1.807) is 59.7 Å². The number of aromatic nitrogens is 1. The van der Waals surface area contributed by atoms with Gasteiger partial charge < -0.3 is 20.5 Å². The molecule has 12 heteroatoms. The molecule has 0 aliphatic heterocycles. The number of nitrogens with zero attached hydrogens (tertiary/aromatic N) is 1. The number of nitrogen functional groups attached to an aromatic ring is 1. The van der Waals surface area contributed by atoms with Crippen LogP contribution in [0.3, 0.4) is 0 Å². The Hall–Kier alpha value is -4.19. The number of sulfone groups is 1. The van der Waals surface area contributed by atoms with E-state index in [4.69, 9.17) is 20.6 Å². The third-order valence-corrected chi connectivity index (χ3v) is 6.84. The van der Waals surface area contributed by atoms with Gasteiger partial charge in [0, 0.05) is 23.8 Å². The first-order valence-corrected chi connectivity index (χ1v) is 14.7. The lowest BCUT2D eigenvalue weighted by molar-refractivity contribution is 0.00713. The van der Waals surface area contributed by atoms with Crippen molar-refractivity contribution in [3.8, 4) is 0 Å². The molecule has 2 aromatic carbocycles. The molecule has 3 aromatic rings. The number of rotatable bonds is 7. The second kappa shape index (κ2) is 11.4. The monoisotopic (exact) mass is 584 g/mol. The van der Waals surface area contributed by atoms with E-state index in [1.807, 2.05) is 0 Å². The molecule has 1 heterocycles. The fraction of sp³-hybridized carbons (Fsp3) is 0.379. The molecule has 0 spiro atoms. The highest BCUT2D eigenvalue weighted by Gasteiger charge is 2.32. The molecule has 0 saturated heterocycles. The summed E-state index contributed by atoms with van der Waals surface area (Å²) in [5.41, 5.74) is 5.36. The Morgan fingerprint density at radius 3 is 2.05 bits per heavy atom. The lowest BCUT2D eigenvalue weighted by Crippen LogP contribution is -2.31. The Balaban J connectivity index is 1.97. The molecular formula is C29H36N4O7S. The zero-order valence-electron chi connectivity index (χ0n) is 24.2. The van der Waals surface area contributed by atoms with Gasteiger partial charge in [0.1, 0.15) is 22.7 Å². The van der Waals surface area contributed by atoms with Crippen molar-refractivity contribution >= 4 is 44.5 Å². The van der Waals surface area contributed by atoms with Crippen molar-refractivity contribution in [2.75, 3.05) is 12.8 Å². The van der Waals surface area contributed by atoms with E-state index in [-0.39, 0.29) is 28.6 Å². The molecule has 0 atom stereocenters. The van der Waals surface area contributed by atoms with Crippen molar-refractivity contribution < 1.29 is 32.3 Å². The third kappa shape index (κ3) is 7.72. The van der Waals surface area contributed by atoms with Gasteiger partial charge in [0.05, 0.1) is 16.0 Å². The summed E-state index contributed by atoms with van der Waals surface area (Å²) in [7, 11) is -3.37. The molecule has 11 nitrogen and oxygen atoms in total. The highest BCUT2D eigenvalue weighted by molar-refractivity contribution is 7.90. The molecule has 220 valence electrons. The number of amidine groups is 1. The summed E-state index contributed by atoms with van der Waals surface area (Å²) in [6.07, 6.45) is 0.655.